The molecule has 0 saturated heterocycles. The minimum absolute atomic E-state index is 0.0378. The van der Waals surface area contributed by atoms with Gasteiger partial charge >= 0.3 is 0 Å². The molecule has 0 unspecified atom stereocenters. The molecule has 124 valence electrons. The van der Waals surface area contributed by atoms with E-state index in [1.54, 1.807) is 24.5 Å². The molecule has 0 aromatic carbocycles. The summed E-state index contributed by atoms with van der Waals surface area (Å²) in [6, 6.07) is 6.32. The topological polar surface area (TPSA) is 77.7 Å². The molecule has 3 rings (SSSR count). The van der Waals surface area contributed by atoms with Crippen molar-refractivity contribution < 1.29 is 8.42 Å². The molecule has 6 nitrogen and oxygen atoms in total. The fraction of sp³-hybridized carbons (Fsp3) is 0.0714. The van der Waals surface area contributed by atoms with Gasteiger partial charge in [-0.1, -0.05) is 23.2 Å². The van der Waals surface area contributed by atoms with E-state index < -0.39 is 9.84 Å². The molecular weight excluding hydrogens is 395 g/mol. The Bertz CT molecular complexity index is 1020. The van der Waals surface area contributed by atoms with Crippen molar-refractivity contribution in [3.63, 3.8) is 0 Å². The zero-order chi connectivity index (χ0) is 17.5. The van der Waals surface area contributed by atoms with E-state index in [0.29, 0.717) is 11.4 Å². The second-order valence-electron chi connectivity index (χ2n) is 4.82. The summed E-state index contributed by atoms with van der Waals surface area (Å²) in [6.45, 7) is 0. The van der Waals surface area contributed by atoms with Gasteiger partial charge in [0, 0.05) is 24.2 Å². The molecule has 0 N–H and O–H groups in total. The molecular formula is C14H9Cl3N4O2S. The fourth-order valence-electron chi connectivity index (χ4n) is 2.13. The lowest BCUT2D eigenvalue weighted by Crippen LogP contribution is -2.04. The van der Waals surface area contributed by atoms with Gasteiger partial charge in [0.1, 0.15) is 0 Å². The largest absolute Gasteiger partial charge is 0.278 e. The Balaban J connectivity index is 2.25. The second kappa shape index (κ2) is 6.33. The molecule has 0 saturated carbocycles. The van der Waals surface area contributed by atoms with Gasteiger partial charge in [0.25, 0.3) is 0 Å². The Morgan fingerprint density at radius 3 is 2.21 bits per heavy atom. The molecule has 0 radical (unpaired) electrons. The highest BCUT2D eigenvalue weighted by molar-refractivity contribution is 7.90. The van der Waals surface area contributed by atoms with Crippen LogP contribution in [0.4, 0.5) is 0 Å². The minimum Gasteiger partial charge on any atom is -0.278 e. The zero-order valence-corrected chi connectivity index (χ0v) is 15.2. The van der Waals surface area contributed by atoms with Crippen LogP contribution >= 0.6 is 34.8 Å². The minimum atomic E-state index is -3.48. The van der Waals surface area contributed by atoms with Gasteiger partial charge in [0.15, 0.2) is 25.2 Å². The summed E-state index contributed by atoms with van der Waals surface area (Å²) in [5, 5.41) is 0.0744. The normalized spacial score (nSPS) is 11.7. The van der Waals surface area contributed by atoms with Crippen molar-refractivity contribution in [2.75, 3.05) is 6.26 Å². The van der Waals surface area contributed by atoms with E-state index >= 15 is 0 Å². The quantitative estimate of drug-likeness (QED) is 0.623. The number of sulfone groups is 1. The van der Waals surface area contributed by atoms with Gasteiger partial charge < -0.3 is 0 Å². The van der Waals surface area contributed by atoms with Crippen LogP contribution in [-0.4, -0.2) is 34.2 Å². The molecule has 0 aliphatic rings. The lowest BCUT2D eigenvalue weighted by atomic mass is 10.2. The SMILES string of the molecule is CS(=O)(=O)c1ccc(-n2c(Cl)nc(Cl)c2-c2ccncc2)c(Cl)n1. The van der Waals surface area contributed by atoms with Gasteiger partial charge in [-0.3, -0.25) is 9.55 Å². The van der Waals surface area contributed by atoms with Crippen LogP contribution in [0.5, 0.6) is 0 Å². The van der Waals surface area contributed by atoms with Crippen molar-refractivity contribution in [3.8, 4) is 16.9 Å². The Morgan fingerprint density at radius 1 is 0.958 bits per heavy atom. The predicted octanol–water partition coefficient (Wildman–Crippen LogP) is 3.69. The predicted molar refractivity (Wildman–Crippen MR) is 92.7 cm³/mol. The van der Waals surface area contributed by atoms with Crippen LogP contribution in [0.1, 0.15) is 0 Å². The molecule has 3 heterocycles. The number of rotatable bonds is 3. The van der Waals surface area contributed by atoms with Crippen molar-refractivity contribution in [3.05, 3.63) is 52.2 Å². The van der Waals surface area contributed by atoms with E-state index in [4.69, 9.17) is 34.8 Å². The van der Waals surface area contributed by atoms with Gasteiger partial charge in [-0.25, -0.2) is 18.4 Å². The maximum Gasteiger partial charge on any atom is 0.209 e. The third-order valence-electron chi connectivity index (χ3n) is 3.17. The lowest BCUT2D eigenvalue weighted by molar-refractivity contribution is 0.598. The monoisotopic (exact) mass is 402 g/mol. The van der Waals surface area contributed by atoms with Crippen molar-refractivity contribution in [1.82, 2.24) is 19.5 Å². The standard InChI is InChI=1S/C14H9Cl3N4O2S/c1-24(22,23)10-3-2-9(12(15)19-10)21-11(13(16)20-14(21)17)8-4-6-18-7-5-8/h2-7H,1H3. The summed E-state index contributed by atoms with van der Waals surface area (Å²) >= 11 is 18.6. The summed E-state index contributed by atoms with van der Waals surface area (Å²) < 4.78 is 24.7. The number of pyridine rings is 2. The smallest absolute Gasteiger partial charge is 0.209 e. The van der Waals surface area contributed by atoms with E-state index in [2.05, 4.69) is 15.0 Å². The van der Waals surface area contributed by atoms with Gasteiger partial charge in [0.05, 0.1) is 11.4 Å². The molecule has 0 spiro atoms. The summed E-state index contributed by atoms with van der Waals surface area (Å²) in [6.07, 6.45) is 4.25. The van der Waals surface area contributed by atoms with Crippen LogP contribution in [0, 0.1) is 0 Å². The Morgan fingerprint density at radius 2 is 1.62 bits per heavy atom. The van der Waals surface area contributed by atoms with Crippen LogP contribution in [0.2, 0.25) is 15.6 Å². The van der Waals surface area contributed by atoms with Gasteiger partial charge in [-0.2, -0.15) is 0 Å². The average Bonchev–Trinajstić information content (AvgIpc) is 2.81. The molecule has 3 aromatic heterocycles. The maximum atomic E-state index is 11.6. The number of halogens is 3. The van der Waals surface area contributed by atoms with E-state index in [9.17, 15) is 8.42 Å². The van der Waals surface area contributed by atoms with Gasteiger partial charge in [-0.05, 0) is 35.9 Å². The third-order valence-corrected chi connectivity index (χ3v) is 4.95. The Labute approximate surface area is 153 Å². The highest BCUT2D eigenvalue weighted by Gasteiger charge is 2.21. The zero-order valence-electron chi connectivity index (χ0n) is 12.1. The lowest BCUT2D eigenvalue weighted by Gasteiger charge is -2.11. The van der Waals surface area contributed by atoms with Crippen molar-refractivity contribution in [2.24, 2.45) is 0 Å². The van der Waals surface area contributed by atoms with Gasteiger partial charge in [0.2, 0.25) is 5.28 Å². The molecule has 0 amide bonds. The molecule has 0 fully saturated rings. The van der Waals surface area contributed by atoms with Crippen LogP contribution in [0.25, 0.3) is 16.9 Å². The van der Waals surface area contributed by atoms with Crippen LogP contribution in [0.3, 0.4) is 0 Å². The first-order valence-electron chi connectivity index (χ1n) is 6.50. The second-order valence-corrected chi connectivity index (χ2v) is 7.84. The summed E-state index contributed by atoms with van der Waals surface area (Å²) in [5.41, 5.74) is 1.58. The molecule has 3 aromatic rings. The van der Waals surface area contributed by atoms with Crippen molar-refractivity contribution >= 4 is 44.6 Å². The number of nitrogens with zero attached hydrogens (tertiary/aromatic N) is 4. The first-order chi connectivity index (χ1) is 11.3. The molecule has 0 aliphatic heterocycles. The molecule has 10 heteroatoms. The fourth-order valence-corrected chi connectivity index (χ4v) is 3.57. The third kappa shape index (κ3) is 3.12. The Hall–Kier alpha value is -1.67. The van der Waals surface area contributed by atoms with Crippen LogP contribution in [-0.2, 0) is 9.84 Å². The van der Waals surface area contributed by atoms with Crippen LogP contribution < -0.4 is 0 Å². The average molecular weight is 404 g/mol. The van der Waals surface area contributed by atoms with E-state index in [1.165, 1.54) is 16.7 Å². The van der Waals surface area contributed by atoms with E-state index in [-0.39, 0.29) is 20.6 Å². The van der Waals surface area contributed by atoms with Crippen molar-refractivity contribution in [1.29, 1.82) is 0 Å². The summed E-state index contributed by atoms with van der Waals surface area (Å²) in [7, 11) is -3.48. The van der Waals surface area contributed by atoms with E-state index in [1.807, 2.05) is 0 Å². The Kier molecular flexibility index (Phi) is 4.52. The first-order valence-corrected chi connectivity index (χ1v) is 9.52. The van der Waals surface area contributed by atoms with E-state index in [0.717, 1.165) is 11.8 Å². The maximum absolute atomic E-state index is 11.6. The van der Waals surface area contributed by atoms with Gasteiger partial charge in [-0.15, -0.1) is 0 Å². The highest BCUT2D eigenvalue weighted by Crippen LogP contribution is 2.35. The highest BCUT2D eigenvalue weighted by atomic mass is 35.5. The number of aromatic nitrogens is 4. The molecule has 0 atom stereocenters. The molecule has 0 bridgehead atoms. The number of hydrogen-bond acceptors (Lipinski definition) is 5. The molecule has 0 aliphatic carbocycles. The molecule has 24 heavy (non-hydrogen) atoms. The summed E-state index contributed by atoms with van der Waals surface area (Å²) in [4.78, 5) is 11.9. The number of imidazole rings is 1. The van der Waals surface area contributed by atoms with Crippen molar-refractivity contribution in [2.45, 2.75) is 5.03 Å². The summed E-state index contributed by atoms with van der Waals surface area (Å²) in [5.74, 6) is 0. The van der Waals surface area contributed by atoms with Crippen LogP contribution in [0.15, 0.2) is 41.7 Å². The number of hydrogen-bond donors (Lipinski definition) is 0. The first kappa shape index (κ1) is 17.2.